The minimum absolute atomic E-state index is 0.225. The molecule has 1 aliphatic heterocycles. The van der Waals surface area contributed by atoms with Crippen LogP contribution in [0.2, 0.25) is 5.02 Å². The van der Waals surface area contributed by atoms with Crippen LogP contribution in [0.15, 0.2) is 48.7 Å². The van der Waals surface area contributed by atoms with Crippen molar-refractivity contribution in [2.45, 2.75) is 18.9 Å². The standard InChI is InChI=1S/C24H29ClN5O3P/c1-33-21-14-16(30-12-10-17(31)11-13-30)8-9-19(21)28-24-26-15-18(25)23(29-24)27-20-6-4-5-7-22(20)34(2,3)32/h4-9,14-15,17,31H,10-13H2,1-3H3,(H2,26,27,28,29). The summed E-state index contributed by atoms with van der Waals surface area (Å²) in [7, 11) is -0.889. The van der Waals surface area contributed by atoms with Crippen molar-refractivity contribution in [3.05, 3.63) is 53.7 Å². The summed E-state index contributed by atoms with van der Waals surface area (Å²) < 4.78 is 18.3. The Kier molecular flexibility index (Phi) is 7.31. The molecule has 1 aliphatic rings. The molecule has 2 aromatic carbocycles. The number of methoxy groups -OCH3 is 1. The molecule has 0 saturated carbocycles. The third-order valence-corrected chi connectivity index (χ3v) is 7.57. The zero-order valence-electron chi connectivity index (χ0n) is 19.5. The third-order valence-electron chi connectivity index (χ3n) is 5.74. The third kappa shape index (κ3) is 5.63. The summed E-state index contributed by atoms with van der Waals surface area (Å²) in [6.45, 7) is 5.06. The SMILES string of the molecule is COc1cc(N2CCC(O)CC2)ccc1Nc1ncc(Cl)c(Nc2ccccc2P(C)(C)=O)n1. The van der Waals surface area contributed by atoms with E-state index in [2.05, 4.69) is 25.5 Å². The monoisotopic (exact) mass is 501 g/mol. The number of nitrogens with zero attached hydrogens (tertiary/aromatic N) is 3. The second-order valence-corrected chi connectivity index (χ2v) is 12.2. The maximum Gasteiger partial charge on any atom is 0.229 e. The fourth-order valence-corrected chi connectivity index (χ4v) is 5.21. The Labute approximate surface area is 204 Å². The van der Waals surface area contributed by atoms with Gasteiger partial charge in [0.2, 0.25) is 5.95 Å². The summed E-state index contributed by atoms with van der Waals surface area (Å²) in [4.78, 5) is 11.1. The molecule has 180 valence electrons. The van der Waals surface area contributed by atoms with Crippen LogP contribution in [0.4, 0.5) is 28.8 Å². The number of nitrogens with one attached hydrogen (secondary N) is 2. The highest BCUT2D eigenvalue weighted by Gasteiger charge is 2.19. The van der Waals surface area contributed by atoms with Crippen molar-refractivity contribution >= 4 is 52.9 Å². The second kappa shape index (κ2) is 10.2. The van der Waals surface area contributed by atoms with Gasteiger partial charge < -0.3 is 29.9 Å². The second-order valence-electron chi connectivity index (χ2n) is 8.61. The zero-order chi connectivity index (χ0) is 24.3. The number of aromatic nitrogens is 2. The molecule has 10 heteroatoms. The molecule has 3 N–H and O–H groups in total. The summed E-state index contributed by atoms with van der Waals surface area (Å²) in [5.74, 6) is 1.40. The fraction of sp³-hybridized carbons (Fsp3) is 0.333. The molecular weight excluding hydrogens is 473 g/mol. The van der Waals surface area contributed by atoms with Crippen molar-refractivity contribution in [1.82, 2.24) is 9.97 Å². The Morgan fingerprint density at radius 2 is 1.85 bits per heavy atom. The topological polar surface area (TPSA) is 99.6 Å². The highest BCUT2D eigenvalue weighted by molar-refractivity contribution is 7.70. The number of benzene rings is 2. The maximum atomic E-state index is 12.7. The van der Waals surface area contributed by atoms with Crippen LogP contribution in [0.25, 0.3) is 0 Å². The number of aliphatic hydroxyl groups excluding tert-OH is 1. The number of rotatable bonds is 7. The Hall–Kier alpha value is -2.80. The lowest BCUT2D eigenvalue weighted by Crippen LogP contribution is -2.35. The molecule has 0 aliphatic carbocycles. The Bertz CT molecular complexity index is 1210. The van der Waals surface area contributed by atoms with Gasteiger partial charge in [0.15, 0.2) is 5.82 Å². The Balaban J connectivity index is 1.56. The van der Waals surface area contributed by atoms with E-state index in [1.54, 1.807) is 20.4 Å². The van der Waals surface area contributed by atoms with E-state index in [0.29, 0.717) is 33.9 Å². The van der Waals surface area contributed by atoms with Gasteiger partial charge in [-0.1, -0.05) is 23.7 Å². The molecule has 0 amide bonds. The normalized spacial score (nSPS) is 14.7. The van der Waals surface area contributed by atoms with Gasteiger partial charge in [0.1, 0.15) is 17.9 Å². The van der Waals surface area contributed by atoms with Crippen molar-refractivity contribution in [2.24, 2.45) is 0 Å². The van der Waals surface area contributed by atoms with Gasteiger partial charge >= 0.3 is 0 Å². The minimum atomic E-state index is -2.50. The predicted octanol–water partition coefficient (Wildman–Crippen LogP) is 4.83. The smallest absolute Gasteiger partial charge is 0.229 e. The van der Waals surface area contributed by atoms with E-state index in [4.69, 9.17) is 16.3 Å². The predicted molar refractivity (Wildman–Crippen MR) is 140 cm³/mol. The van der Waals surface area contributed by atoms with Gasteiger partial charge in [0, 0.05) is 30.1 Å². The summed E-state index contributed by atoms with van der Waals surface area (Å²) in [6.07, 6.45) is 2.80. The lowest BCUT2D eigenvalue weighted by molar-refractivity contribution is 0.145. The lowest BCUT2D eigenvalue weighted by atomic mass is 10.1. The molecule has 34 heavy (non-hydrogen) atoms. The molecule has 0 unspecified atom stereocenters. The number of anilines is 5. The van der Waals surface area contributed by atoms with Crippen LogP contribution in [0.1, 0.15) is 12.8 Å². The number of halogens is 1. The molecule has 1 fully saturated rings. The first-order chi connectivity index (χ1) is 16.2. The molecule has 2 heterocycles. The first-order valence-electron chi connectivity index (χ1n) is 11.1. The highest BCUT2D eigenvalue weighted by Crippen LogP contribution is 2.39. The van der Waals surface area contributed by atoms with Crippen LogP contribution >= 0.6 is 18.7 Å². The number of piperidine rings is 1. The first-order valence-corrected chi connectivity index (χ1v) is 14.0. The molecule has 0 atom stereocenters. The highest BCUT2D eigenvalue weighted by atomic mass is 35.5. The quantitative estimate of drug-likeness (QED) is 0.396. The molecule has 1 saturated heterocycles. The van der Waals surface area contributed by atoms with E-state index in [0.717, 1.165) is 36.9 Å². The average molecular weight is 502 g/mol. The Morgan fingerprint density at radius 1 is 1.12 bits per heavy atom. The molecule has 0 bridgehead atoms. The fourth-order valence-electron chi connectivity index (χ4n) is 3.92. The first kappa shape index (κ1) is 24.3. The summed E-state index contributed by atoms with van der Waals surface area (Å²) in [6, 6.07) is 13.3. The van der Waals surface area contributed by atoms with Gasteiger partial charge in [-0.2, -0.15) is 4.98 Å². The number of aliphatic hydroxyl groups is 1. The lowest BCUT2D eigenvalue weighted by Gasteiger charge is -2.31. The van der Waals surface area contributed by atoms with Gasteiger partial charge in [-0.3, -0.25) is 0 Å². The van der Waals surface area contributed by atoms with Crippen molar-refractivity contribution < 1.29 is 14.4 Å². The van der Waals surface area contributed by atoms with Crippen LogP contribution in [-0.4, -0.2) is 54.7 Å². The van der Waals surface area contributed by atoms with E-state index < -0.39 is 7.14 Å². The van der Waals surface area contributed by atoms with Crippen LogP contribution in [0.3, 0.4) is 0 Å². The van der Waals surface area contributed by atoms with E-state index in [1.165, 1.54) is 6.20 Å². The van der Waals surface area contributed by atoms with E-state index in [-0.39, 0.29) is 6.10 Å². The van der Waals surface area contributed by atoms with E-state index >= 15 is 0 Å². The minimum Gasteiger partial charge on any atom is -0.494 e. The van der Waals surface area contributed by atoms with Crippen molar-refractivity contribution in [2.75, 3.05) is 49.1 Å². The van der Waals surface area contributed by atoms with Crippen LogP contribution in [-0.2, 0) is 4.57 Å². The average Bonchev–Trinajstić information content (AvgIpc) is 2.81. The van der Waals surface area contributed by atoms with Crippen molar-refractivity contribution in [3.8, 4) is 5.75 Å². The van der Waals surface area contributed by atoms with Gasteiger partial charge in [-0.15, -0.1) is 0 Å². The molecule has 0 spiro atoms. The van der Waals surface area contributed by atoms with Gasteiger partial charge in [-0.05, 0) is 50.4 Å². The molecule has 1 aromatic heterocycles. The van der Waals surface area contributed by atoms with Gasteiger partial charge in [0.25, 0.3) is 0 Å². The van der Waals surface area contributed by atoms with E-state index in [9.17, 15) is 9.67 Å². The number of para-hydroxylation sites is 1. The van der Waals surface area contributed by atoms with Gasteiger partial charge in [0.05, 0.1) is 30.8 Å². The molecule has 0 radical (unpaired) electrons. The van der Waals surface area contributed by atoms with Crippen LogP contribution < -0.4 is 25.6 Å². The summed E-state index contributed by atoms with van der Waals surface area (Å²) in [5.41, 5.74) is 2.44. The van der Waals surface area contributed by atoms with Crippen LogP contribution in [0.5, 0.6) is 5.75 Å². The maximum absolute atomic E-state index is 12.7. The zero-order valence-corrected chi connectivity index (χ0v) is 21.1. The summed E-state index contributed by atoms with van der Waals surface area (Å²) in [5, 5.41) is 17.2. The Morgan fingerprint density at radius 3 is 2.56 bits per heavy atom. The molecular formula is C24H29ClN5O3P. The largest absolute Gasteiger partial charge is 0.494 e. The van der Waals surface area contributed by atoms with Gasteiger partial charge in [-0.25, -0.2) is 4.98 Å². The number of hydrogen-bond donors (Lipinski definition) is 3. The summed E-state index contributed by atoms with van der Waals surface area (Å²) >= 11 is 6.36. The molecule has 4 rings (SSSR count). The number of hydrogen-bond acceptors (Lipinski definition) is 8. The van der Waals surface area contributed by atoms with E-state index in [1.807, 2.05) is 42.5 Å². The van der Waals surface area contributed by atoms with Crippen molar-refractivity contribution in [3.63, 3.8) is 0 Å². The molecule has 8 nitrogen and oxygen atoms in total. The molecule has 3 aromatic rings. The van der Waals surface area contributed by atoms with Crippen molar-refractivity contribution in [1.29, 1.82) is 0 Å². The van der Waals surface area contributed by atoms with Crippen LogP contribution in [0, 0.1) is 0 Å². The number of ether oxygens (including phenoxy) is 1.